The van der Waals surface area contributed by atoms with Gasteiger partial charge in [-0.15, -0.1) is 0 Å². The van der Waals surface area contributed by atoms with Crippen LogP contribution in [-0.2, 0) is 12.8 Å². The third-order valence-electron chi connectivity index (χ3n) is 5.06. The fraction of sp³-hybridized carbons (Fsp3) is 0.240. The second-order valence-electron chi connectivity index (χ2n) is 7.10. The van der Waals surface area contributed by atoms with Crippen molar-refractivity contribution < 1.29 is 4.79 Å². The summed E-state index contributed by atoms with van der Waals surface area (Å²) in [5.74, 6) is -0.0940. The molecule has 0 spiro atoms. The molecule has 0 saturated carbocycles. The number of para-hydroxylation sites is 2. The Morgan fingerprint density at radius 2 is 1.50 bits per heavy atom. The van der Waals surface area contributed by atoms with Crippen molar-refractivity contribution >= 4 is 23.0 Å². The van der Waals surface area contributed by atoms with Crippen LogP contribution in [0.2, 0.25) is 0 Å². The number of hydrogen-bond acceptors (Lipinski definition) is 2. The van der Waals surface area contributed by atoms with Gasteiger partial charge in [0.05, 0.1) is 11.3 Å². The Morgan fingerprint density at radius 1 is 0.821 bits per heavy atom. The molecule has 0 bridgehead atoms. The highest BCUT2D eigenvalue weighted by Gasteiger charge is 2.15. The molecule has 3 aromatic carbocycles. The van der Waals surface area contributed by atoms with E-state index in [4.69, 9.17) is 0 Å². The van der Waals surface area contributed by atoms with Crippen LogP contribution in [0.4, 0.5) is 17.1 Å². The third-order valence-corrected chi connectivity index (χ3v) is 5.06. The molecule has 3 aromatic rings. The van der Waals surface area contributed by atoms with Gasteiger partial charge in [-0.3, -0.25) is 4.79 Å². The minimum absolute atomic E-state index is 0.0940. The summed E-state index contributed by atoms with van der Waals surface area (Å²) in [6.45, 7) is 8.37. The summed E-state index contributed by atoms with van der Waals surface area (Å²) >= 11 is 0. The van der Waals surface area contributed by atoms with Crippen molar-refractivity contribution in [1.82, 2.24) is 0 Å². The molecule has 1 amide bonds. The maximum Gasteiger partial charge on any atom is 0.257 e. The first-order chi connectivity index (χ1) is 13.5. The lowest BCUT2D eigenvalue weighted by Gasteiger charge is -2.17. The summed E-state index contributed by atoms with van der Waals surface area (Å²) in [6.07, 6.45) is 1.76. The molecule has 0 aromatic heterocycles. The number of carbonyl (C=O) groups excluding carboxylic acids is 1. The minimum Gasteiger partial charge on any atom is -0.355 e. The lowest BCUT2D eigenvalue weighted by molar-refractivity contribution is 0.102. The van der Waals surface area contributed by atoms with Gasteiger partial charge in [-0.05, 0) is 61.6 Å². The van der Waals surface area contributed by atoms with Gasteiger partial charge in [0, 0.05) is 11.4 Å². The molecule has 3 rings (SSSR count). The topological polar surface area (TPSA) is 41.1 Å². The molecule has 3 heteroatoms. The predicted molar refractivity (Wildman–Crippen MR) is 119 cm³/mol. The van der Waals surface area contributed by atoms with Crippen molar-refractivity contribution in [2.75, 3.05) is 10.6 Å². The molecule has 0 fully saturated rings. The van der Waals surface area contributed by atoms with E-state index in [2.05, 4.69) is 74.7 Å². The maximum absolute atomic E-state index is 13.1. The quantitative estimate of drug-likeness (QED) is 0.524. The van der Waals surface area contributed by atoms with Crippen molar-refractivity contribution in [3.05, 3.63) is 88.5 Å². The first-order valence-electron chi connectivity index (χ1n) is 9.88. The Labute approximate surface area is 167 Å². The van der Waals surface area contributed by atoms with E-state index in [1.54, 1.807) is 0 Å². The molecule has 144 valence electrons. The van der Waals surface area contributed by atoms with Gasteiger partial charge in [0.2, 0.25) is 0 Å². The highest BCUT2D eigenvalue weighted by molar-refractivity contribution is 6.09. The summed E-state index contributed by atoms with van der Waals surface area (Å²) in [4.78, 5) is 13.1. The highest BCUT2D eigenvalue weighted by Crippen LogP contribution is 2.27. The van der Waals surface area contributed by atoms with Crippen LogP contribution in [0.1, 0.15) is 46.5 Å². The van der Waals surface area contributed by atoms with Gasteiger partial charge >= 0.3 is 0 Å². The number of anilines is 3. The van der Waals surface area contributed by atoms with Crippen LogP contribution in [0.3, 0.4) is 0 Å². The molecule has 0 aliphatic rings. The Morgan fingerprint density at radius 3 is 2.14 bits per heavy atom. The van der Waals surface area contributed by atoms with Crippen molar-refractivity contribution in [2.45, 2.75) is 40.5 Å². The first-order valence-corrected chi connectivity index (χ1v) is 9.88. The van der Waals surface area contributed by atoms with E-state index in [9.17, 15) is 4.79 Å². The molecular weight excluding hydrogens is 344 g/mol. The number of benzene rings is 3. The maximum atomic E-state index is 13.1. The van der Waals surface area contributed by atoms with E-state index in [0.717, 1.165) is 46.6 Å². The van der Waals surface area contributed by atoms with Crippen LogP contribution in [0.5, 0.6) is 0 Å². The van der Waals surface area contributed by atoms with Crippen molar-refractivity contribution in [3.8, 4) is 0 Å². The van der Waals surface area contributed by atoms with Gasteiger partial charge in [-0.2, -0.15) is 0 Å². The molecule has 0 unspecified atom stereocenters. The van der Waals surface area contributed by atoms with E-state index in [-0.39, 0.29) is 5.91 Å². The molecule has 2 N–H and O–H groups in total. The van der Waals surface area contributed by atoms with Crippen molar-refractivity contribution in [3.63, 3.8) is 0 Å². The number of nitrogens with one attached hydrogen (secondary N) is 2. The van der Waals surface area contributed by atoms with Crippen LogP contribution in [0, 0.1) is 13.8 Å². The lowest BCUT2D eigenvalue weighted by Crippen LogP contribution is -2.16. The average Bonchev–Trinajstić information content (AvgIpc) is 2.70. The number of carbonyl (C=O) groups is 1. The molecule has 0 atom stereocenters. The lowest BCUT2D eigenvalue weighted by atomic mass is 10.0. The third kappa shape index (κ3) is 4.25. The molecule has 0 radical (unpaired) electrons. The Bertz CT molecular complexity index is 969. The van der Waals surface area contributed by atoms with Crippen molar-refractivity contribution in [1.29, 1.82) is 0 Å². The normalized spacial score (nSPS) is 10.6. The summed E-state index contributed by atoms with van der Waals surface area (Å²) in [5, 5.41) is 6.60. The van der Waals surface area contributed by atoms with E-state index in [1.165, 1.54) is 5.56 Å². The number of aryl methyl sites for hydroxylation is 4. The highest BCUT2D eigenvalue weighted by atomic mass is 16.1. The fourth-order valence-electron chi connectivity index (χ4n) is 3.47. The van der Waals surface area contributed by atoms with Crippen LogP contribution in [0.15, 0.2) is 60.7 Å². The van der Waals surface area contributed by atoms with Gasteiger partial charge in [-0.1, -0.05) is 61.9 Å². The Kier molecular flexibility index (Phi) is 6.15. The second kappa shape index (κ2) is 8.75. The Balaban J connectivity index is 1.92. The van der Waals surface area contributed by atoms with Crippen LogP contribution in [-0.4, -0.2) is 5.91 Å². The van der Waals surface area contributed by atoms with Crippen LogP contribution < -0.4 is 10.6 Å². The van der Waals surface area contributed by atoms with Gasteiger partial charge < -0.3 is 10.6 Å². The van der Waals surface area contributed by atoms with Gasteiger partial charge in [0.15, 0.2) is 0 Å². The summed E-state index contributed by atoms with van der Waals surface area (Å²) in [5.41, 5.74) is 8.08. The molecule has 0 aliphatic heterocycles. The zero-order chi connectivity index (χ0) is 20.1. The van der Waals surface area contributed by atoms with E-state index < -0.39 is 0 Å². The van der Waals surface area contributed by atoms with Crippen LogP contribution >= 0.6 is 0 Å². The minimum atomic E-state index is -0.0940. The predicted octanol–water partition coefficient (Wildman–Crippen LogP) is 6.42. The zero-order valence-corrected chi connectivity index (χ0v) is 17.1. The largest absolute Gasteiger partial charge is 0.355 e. The monoisotopic (exact) mass is 372 g/mol. The van der Waals surface area contributed by atoms with Gasteiger partial charge in [0.25, 0.3) is 5.91 Å². The molecular formula is C25H28N2O. The molecule has 0 aliphatic carbocycles. The SMILES string of the molecule is CCc1cccc(CC)c1NC(=O)c1ccccc1Nc1ccc(C)cc1C. The number of amides is 1. The summed E-state index contributed by atoms with van der Waals surface area (Å²) in [7, 11) is 0. The number of hydrogen-bond donors (Lipinski definition) is 2. The van der Waals surface area contributed by atoms with E-state index in [1.807, 2.05) is 24.3 Å². The molecule has 28 heavy (non-hydrogen) atoms. The zero-order valence-electron chi connectivity index (χ0n) is 17.1. The number of rotatable bonds is 6. The average molecular weight is 373 g/mol. The fourth-order valence-corrected chi connectivity index (χ4v) is 3.47. The summed E-state index contributed by atoms with van der Waals surface area (Å²) < 4.78 is 0. The molecule has 0 saturated heterocycles. The van der Waals surface area contributed by atoms with Crippen LogP contribution in [0.25, 0.3) is 0 Å². The first kappa shape index (κ1) is 19.7. The van der Waals surface area contributed by atoms with Gasteiger partial charge in [-0.25, -0.2) is 0 Å². The Hall–Kier alpha value is -3.07. The summed E-state index contributed by atoms with van der Waals surface area (Å²) in [6, 6.07) is 20.1. The second-order valence-corrected chi connectivity index (χ2v) is 7.10. The van der Waals surface area contributed by atoms with E-state index in [0.29, 0.717) is 5.56 Å². The van der Waals surface area contributed by atoms with Crippen molar-refractivity contribution in [2.24, 2.45) is 0 Å². The molecule has 0 heterocycles. The standard InChI is InChI=1S/C25H28N2O/c1-5-19-10-9-11-20(6-2)24(19)27-25(28)21-12-7-8-13-23(21)26-22-15-14-17(3)16-18(22)4/h7-16,26H,5-6H2,1-4H3,(H,27,28). The van der Waals surface area contributed by atoms with E-state index >= 15 is 0 Å². The smallest absolute Gasteiger partial charge is 0.257 e. The molecule has 3 nitrogen and oxygen atoms in total. The van der Waals surface area contributed by atoms with Gasteiger partial charge in [0.1, 0.15) is 0 Å².